The number of rotatable bonds is 5. The van der Waals surface area contributed by atoms with Gasteiger partial charge < -0.3 is 5.11 Å². The fourth-order valence-corrected chi connectivity index (χ4v) is 2.87. The molecule has 5 nitrogen and oxygen atoms in total. The van der Waals surface area contributed by atoms with Gasteiger partial charge in [-0.15, -0.1) is 5.10 Å². The molecular weight excluding hydrogens is 286 g/mol. The van der Waals surface area contributed by atoms with Gasteiger partial charge in [0.2, 0.25) is 0 Å². The van der Waals surface area contributed by atoms with Crippen molar-refractivity contribution in [1.29, 1.82) is 0 Å². The third-order valence-electron chi connectivity index (χ3n) is 3.18. The van der Waals surface area contributed by atoms with E-state index >= 15 is 0 Å². The van der Waals surface area contributed by atoms with Gasteiger partial charge >= 0.3 is 5.97 Å². The van der Waals surface area contributed by atoms with Gasteiger partial charge in [0.1, 0.15) is 5.69 Å². The van der Waals surface area contributed by atoms with Gasteiger partial charge in [0.25, 0.3) is 0 Å². The van der Waals surface area contributed by atoms with Crippen molar-refractivity contribution in [1.82, 2.24) is 15.0 Å². The molecular formula is C15H13N3O2S. The Kier molecular flexibility index (Phi) is 3.79. The van der Waals surface area contributed by atoms with Crippen LogP contribution in [0.25, 0.3) is 11.3 Å². The van der Waals surface area contributed by atoms with Gasteiger partial charge in [0.05, 0.1) is 0 Å². The molecule has 0 atom stereocenters. The first-order valence-electron chi connectivity index (χ1n) is 6.49. The van der Waals surface area contributed by atoms with E-state index in [4.69, 9.17) is 0 Å². The van der Waals surface area contributed by atoms with Crippen LogP contribution in [0.3, 0.4) is 0 Å². The number of carbonyl (C=O) groups is 1. The van der Waals surface area contributed by atoms with E-state index in [1.54, 1.807) is 16.0 Å². The number of nitrogens with zero attached hydrogens (tertiary/aromatic N) is 3. The van der Waals surface area contributed by atoms with Crippen LogP contribution in [0.4, 0.5) is 0 Å². The minimum absolute atomic E-state index is 0.00785. The molecule has 3 rings (SSSR count). The van der Waals surface area contributed by atoms with E-state index in [2.05, 4.69) is 21.8 Å². The molecule has 1 aromatic carbocycles. The summed E-state index contributed by atoms with van der Waals surface area (Å²) in [6.07, 6.45) is 0.797. The summed E-state index contributed by atoms with van der Waals surface area (Å²) in [5.41, 5.74) is 2.57. The van der Waals surface area contributed by atoms with Crippen LogP contribution in [-0.4, -0.2) is 26.1 Å². The number of aromatic carboxylic acids is 1. The van der Waals surface area contributed by atoms with Crippen LogP contribution in [0.5, 0.6) is 0 Å². The molecule has 106 valence electrons. The summed E-state index contributed by atoms with van der Waals surface area (Å²) >= 11 is 1.65. The summed E-state index contributed by atoms with van der Waals surface area (Å²) in [6.45, 7) is 0.598. The van der Waals surface area contributed by atoms with Crippen LogP contribution in [0.2, 0.25) is 0 Å². The Hall–Kier alpha value is -2.47. The van der Waals surface area contributed by atoms with Crippen molar-refractivity contribution in [3.8, 4) is 11.3 Å². The topological polar surface area (TPSA) is 68.0 Å². The highest BCUT2D eigenvalue weighted by Gasteiger charge is 2.20. The Labute approximate surface area is 125 Å². The minimum Gasteiger partial charge on any atom is -0.476 e. The number of carboxylic acid groups (broad SMARTS) is 1. The van der Waals surface area contributed by atoms with Crippen molar-refractivity contribution >= 4 is 17.3 Å². The van der Waals surface area contributed by atoms with E-state index in [9.17, 15) is 9.90 Å². The maximum atomic E-state index is 11.3. The Balaban J connectivity index is 1.95. The van der Waals surface area contributed by atoms with Crippen LogP contribution in [0.1, 0.15) is 16.1 Å². The first-order chi connectivity index (χ1) is 10.3. The van der Waals surface area contributed by atoms with E-state index in [-0.39, 0.29) is 5.69 Å². The SMILES string of the molecule is O=C(O)c1nnn(CCc2ccsc2)c1-c1ccccc1. The molecule has 6 heteroatoms. The fourth-order valence-electron chi connectivity index (χ4n) is 2.17. The molecule has 0 bridgehead atoms. The van der Waals surface area contributed by atoms with E-state index in [0.29, 0.717) is 12.2 Å². The van der Waals surface area contributed by atoms with Crippen molar-refractivity contribution in [2.24, 2.45) is 0 Å². The summed E-state index contributed by atoms with van der Waals surface area (Å²) in [4.78, 5) is 11.3. The number of hydrogen-bond donors (Lipinski definition) is 1. The normalized spacial score (nSPS) is 10.7. The number of aryl methyl sites for hydroxylation is 2. The molecule has 0 unspecified atom stereocenters. The molecule has 0 saturated carbocycles. The largest absolute Gasteiger partial charge is 0.476 e. The van der Waals surface area contributed by atoms with Crippen LogP contribution < -0.4 is 0 Å². The Morgan fingerprint density at radius 1 is 1.24 bits per heavy atom. The zero-order valence-corrected chi connectivity index (χ0v) is 12.0. The molecule has 0 aliphatic carbocycles. The highest BCUT2D eigenvalue weighted by atomic mass is 32.1. The lowest BCUT2D eigenvalue weighted by Crippen LogP contribution is -2.06. The quantitative estimate of drug-likeness (QED) is 0.786. The van der Waals surface area contributed by atoms with Crippen molar-refractivity contribution in [2.45, 2.75) is 13.0 Å². The second-order valence-corrected chi connectivity index (χ2v) is 5.34. The highest BCUT2D eigenvalue weighted by molar-refractivity contribution is 7.07. The van der Waals surface area contributed by atoms with Gasteiger partial charge in [-0.2, -0.15) is 11.3 Å². The first-order valence-corrected chi connectivity index (χ1v) is 7.43. The number of carboxylic acids is 1. The third kappa shape index (κ3) is 2.85. The fraction of sp³-hybridized carbons (Fsp3) is 0.133. The van der Waals surface area contributed by atoms with Gasteiger partial charge in [0.15, 0.2) is 5.69 Å². The van der Waals surface area contributed by atoms with Crippen LogP contribution >= 0.6 is 11.3 Å². The van der Waals surface area contributed by atoms with Crippen molar-refractivity contribution in [2.75, 3.05) is 0 Å². The third-order valence-corrected chi connectivity index (χ3v) is 3.91. The standard InChI is InChI=1S/C15H13N3O2S/c19-15(20)13-14(12-4-2-1-3-5-12)18(17-16-13)8-6-11-7-9-21-10-11/h1-5,7,9-10H,6,8H2,(H,19,20). The average molecular weight is 299 g/mol. The lowest BCUT2D eigenvalue weighted by molar-refractivity contribution is 0.0691. The minimum atomic E-state index is -1.06. The number of benzene rings is 1. The molecule has 0 aliphatic heterocycles. The van der Waals surface area contributed by atoms with Gasteiger partial charge in [-0.1, -0.05) is 35.5 Å². The van der Waals surface area contributed by atoms with Crippen molar-refractivity contribution < 1.29 is 9.90 Å². The molecule has 3 aromatic rings. The predicted octanol–water partition coefficient (Wildman–Crippen LogP) is 2.95. The zero-order chi connectivity index (χ0) is 14.7. The lowest BCUT2D eigenvalue weighted by Gasteiger charge is -2.06. The number of thiophene rings is 1. The molecule has 0 aliphatic rings. The molecule has 0 amide bonds. The monoisotopic (exact) mass is 299 g/mol. The van der Waals surface area contributed by atoms with E-state index in [0.717, 1.165) is 12.0 Å². The second kappa shape index (κ2) is 5.88. The Bertz CT molecular complexity index is 736. The van der Waals surface area contributed by atoms with Crippen LogP contribution in [-0.2, 0) is 13.0 Å². The molecule has 0 radical (unpaired) electrons. The van der Waals surface area contributed by atoms with E-state index in [1.807, 2.05) is 35.7 Å². The summed E-state index contributed by atoms with van der Waals surface area (Å²) in [7, 11) is 0. The summed E-state index contributed by atoms with van der Waals surface area (Å²) < 4.78 is 1.66. The van der Waals surface area contributed by atoms with Crippen molar-refractivity contribution in [3.63, 3.8) is 0 Å². The molecule has 1 N–H and O–H groups in total. The van der Waals surface area contributed by atoms with Gasteiger partial charge in [-0.25, -0.2) is 9.48 Å². The number of hydrogen-bond acceptors (Lipinski definition) is 4. The average Bonchev–Trinajstić information content (AvgIpc) is 3.15. The Morgan fingerprint density at radius 3 is 2.71 bits per heavy atom. The van der Waals surface area contributed by atoms with E-state index in [1.165, 1.54) is 5.56 Å². The molecule has 2 aromatic heterocycles. The molecule has 0 fully saturated rings. The Morgan fingerprint density at radius 2 is 2.05 bits per heavy atom. The smallest absolute Gasteiger partial charge is 0.358 e. The zero-order valence-electron chi connectivity index (χ0n) is 11.1. The van der Waals surface area contributed by atoms with Crippen LogP contribution in [0, 0.1) is 0 Å². The highest BCUT2D eigenvalue weighted by Crippen LogP contribution is 2.22. The molecule has 21 heavy (non-hydrogen) atoms. The lowest BCUT2D eigenvalue weighted by atomic mass is 10.1. The van der Waals surface area contributed by atoms with E-state index < -0.39 is 5.97 Å². The molecule has 2 heterocycles. The first kappa shape index (κ1) is 13.5. The summed E-state index contributed by atoms with van der Waals surface area (Å²) in [5, 5.41) is 21.2. The van der Waals surface area contributed by atoms with Crippen molar-refractivity contribution in [3.05, 3.63) is 58.4 Å². The van der Waals surface area contributed by atoms with Gasteiger partial charge in [-0.05, 0) is 28.8 Å². The second-order valence-electron chi connectivity index (χ2n) is 4.56. The summed E-state index contributed by atoms with van der Waals surface area (Å²) in [6, 6.07) is 11.4. The van der Waals surface area contributed by atoms with Crippen LogP contribution in [0.15, 0.2) is 47.2 Å². The maximum Gasteiger partial charge on any atom is 0.358 e. The molecule has 0 spiro atoms. The predicted molar refractivity (Wildman–Crippen MR) is 80.4 cm³/mol. The van der Waals surface area contributed by atoms with Gasteiger partial charge in [0, 0.05) is 12.1 Å². The number of aromatic nitrogens is 3. The van der Waals surface area contributed by atoms with Gasteiger partial charge in [-0.3, -0.25) is 0 Å². The maximum absolute atomic E-state index is 11.3. The summed E-state index contributed by atoms with van der Waals surface area (Å²) in [5.74, 6) is -1.06. The molecule has 0 saturated heterocycles.